The third-order valence-electron chi connectivity index (χ3n) is 3.61. The van der Waals surface area contributed by atoms with Crippen molar-refractivity contribution in [2.45, 2.75) is 26.9 Å². The number of aryl methyl sites for hydroxylation is 3. The van der Waals surface area contributed by atoms with Crippen LogP contribution >= 0.6 is 35.1 Å². The Bertz CT molecular complexity index is 678. The predicted octanol–water partition coefficient (Wildman–Crippen LogP) is 5.30. The molecule has 0 aliphatic heterocycles. The second-order valence-corrected chi connectivity index (χ2v) is 12.8. The molecule has 0 radical (unpaired) electrons. The van der Waals surface area contributed by atoms with Gasteiger partial charge in [0, 0.05) is 18.6 Å². The Morgan fingerprint density at radius 2 is 1.71 bits per heavy atom. The van der Waals surface area contributed by atoms with Crippen LogP contribution in [0.2, 0.25) is 0 Å². The first kappa shape index (κ1) is 22.4. The van der Waals surface area contributed by atoms with Gasteiger partial charge in [-0.15, -0.1) is 0 Å². The predicted molar refractivity (Wildman–Crippen MR) is 112 cm³/mol. The molecule has 130 valence electrons. The zero-order valence-corrected chi connectivity index (χ0v) is 19.9. The van der Waals surface area contributed by atoms with Crippen molar-refractivity contribution in [2.75, 3.05) is 13.3 Å². The van der Waals surface area contributed by atoms with Crippen LogP contribution in [0.5, 0.6) is 5.75 Å². The summed E-state index contributed by atoms with van der Waals surface area (Å²) >= 11 is -0.556. The molecule has 0 aromatic heterocycles. The quantitative estimate of drug-likeness (QED) is 0.508. The molecule has 0 saturated carbocycles. The molecular weight excluding hydrogens is 413 g/mol. The summed E-state index contributed by atoms with van der Waals surface area (Å²) in [5.74, 6) is 0.465. The van der Waals surface area contributed by atoms with E-state index in [1.54, 1.807) is 0 Å². The molecule has 2 rings (SSSR count). The van der Waals surface area contributed by atoms with Gasteiger partial charge in [-0.2, -0.15) is 0 Å². The van der Waals surface area contributed by atoms with Gasteiger partial charge in [-0.3, -0.25) is 0 Å². The molecular formula is C18H25Cl2OP2Ti+. The van der Waals surface area contributed by atoms with E-state index < -0.39 is 17.0 Å². The third-order valence-corrected chi connectivity index (χ3v) is 6.31. The van der Waals surface area contributed by atoms with E-state index in [-0.39, 0.29) is 7.92 Å². The summed E-state index contributed by atoms with van der Waals surface area (Å²) < 4.78 is 0. The van der Waals surface area contributed by atoms with E-state index in [1.807, 2.05) is 13.0 Å². The molecule has 0 fully saturated rings. The zero-order chi connectivity index (χ0) is 18.3. The molecule has 24 heavy (non-hydrogen) atoms. The van der Waals surface area contributed by atoms with E-state index in [9.17, 15) is 5.11 Å². The van der Waals surface area contributed by atoms with Crippen molar-refractivity contribution >= 4 is 45.7 Å². The van der Waals surface area contributed by atoms with Gasteiger partial charge in [0.15, 0.2) is 0 Å². The molecule has 0 spiro atoms. The van der Waals surface area contributed by atoms with Gasteiger partial charge in [-0.05, 0) is 62.3 Å². The van der Waals surface area contributed by atoms with Crippen molar-refractivity contribution in [2.24, 2.45) is 0 Å². The van der Waals surface area contributed by atoms with Crippen LogP contribution in [0.3, 0.4) is 0 Å². The molecule has 6 heteroatoms. The van der Waals surface area contributed by atoms with E-state index in [2.05, 4.69) is 51.4 Å². The summed E-state index contributed by atoms with van der Waals surface area (Å²) in [4.78, 5) is 0. The van der Waals surface area contributed by atoms with Gasteiger partial charge in [0.25, 0.3) is 0 Å². The summed E-state index contributed by atoms with van der Waals surface area (Å²) in [6.07, 6.45) is 1.19. The van der Waals surface area contributed by atoms with Gasteiger partial charge < -0.3 is 5.11 Å². The molecule has 0 bridgehead atoms. The second-order valence-electron chi connectivity index (χ2n) is 6.17. The monoisotopic (exact) mass is 437 g/mol. The number of aromatic hydroxyl groups is 1. The normalized spacial score (nSPS) is 10.8. The van der Waals surface area contributed by atoms with E-state index >= 15 is 0 Å². The SMILES string of the molecule is Cc1cc(C)c(O)c(Pc2c(C)cccc2C[PH+](C)C)c1.[Cl][Ti][Cl]. The fourth-order valence-corrected chi connectivity index (χ4v) is 5.36. The summed E-state index contributed by atoms with van der Waals surface area (Å²) in [7, 11) is 10.0. The summed E-state index contributed by atoms with van der Waals surface area (Å²) in [5, 5.41) is 12.9. The van der Waals surface area contributed by atoms with Gasteiger partial charge in [0.05, 0.1) is 6.16 Å². The van der Waals surface area contributed by atoms with Crippen LogP contribution in [0, 0.1) is 20.8 Å². The molecule has 0 aliphatic carbocycles. The van der Waals surface area contributed by atoms with Crippen LogP contribution in [-0.2, 0) is 23.2 Å². The average Bonchev–Trinajstić information content (AvgIpc) is 2.48. The maximum absolute atomic E-state index is 10.4. The minimum absolute atomic E-state index is 0.301. The van der Waals surface area contributed by atoms with Gasteiger partial charge in [0.2, 0.25) is 0 Å². The van der Waals surface area contributed by atoms with Gasteiger partial charge in [-0.1, -0.05) is 32.8 Å². The molecule has 1 atom stereocenters. The number of halogens is 2. The van der Waals surface area contributed by atoms with E-state index in [0.717, 1.165) is 10.9 Å². The molecule has 2 aromatic carbocycles. The summed E-state index contributed by atoms with van der Waals surface area (Å²) in [6, 6.07) is 10.8. The molecule has 1 nitrogen and oxygen atoms in total. The number of hydrogen-bond donors (Lipinski definition) is 1. The van der Waals surface area contributed by atoms with Crippen molar-refractivity contribution in [3.63, 3.8) is 0 Å². The zero-order valence-electron chi connectivity index (χ0n) is 14.8. The Morgan fingerprint density at radius 3 is 2.29 bits per heavy atom. The van der Waals surface area contributed by atoms with Crippen molar-refractivity contribution < 1.29 is 22.1 Å². The molecule has 0 amide bonds. The van der Waals surface area contributed by atoms with Crippen LogP contribution in [0.15, 0.2) is 30.3 Å². The maximum atomic E-state index is 10.4. The van der Waals surface area contributed by atoms with Crippen LogP contribution in [0.1, 0.15) is 22.3 Å². The molecule has 1 N–H and O–H groups in total. The standard InChI is InChI=1S/C18H24OP2.2ClH.Ti/c1-12-9-14(3)17(19)16(10-12)20-18-13(2)7-6-8-15(18)11-21(4)5;;;/h6-10,19-20H,11H2,1-5H3;2*1H;/q;;;+2/p-1. The fourth-order valence-electron chi connectivity index (χ4n) is 2.63. The Balaban J connectivity index is 0.000000891. The first-order chi connectivity index (χ1) is 11.3. The topological polar surface area (TPSA) is 20.2 Å². The summed E-state index contributed by atoms with van der Waals surface area (Å²) in [5.41, 5.74) is 5.00. The van der Waals surface area contributed by atoms with Crippen LogP contribution < -0.4 is 10.6 Å². The van der Waals surface area contributed by atoms with Crippen molar-refractivity contribution in [3.05, 3.63) is 52.6 Å². The van der Waals surface area contributed by atoms with Crippen molar-refractivity contribution in [1.82, 2.24) is 0 Å². The van der Waals surface area contributed by atoms with Crippen molar-refractivity contribution in [1.29, 1.82) is 0 Å². The molecule has 0 aliphatic rings. The minimum atomic E-state index is -0.556. The summed E-state index contributed by atoms with van der Waals surface area (Å²) in [6.45, 7) is 11.0. The average molecular weight is 438 g/mol. The van der Waals surface area contributed by atoms with E-state index in [4.69, 9.17) is 18.6 Å². The van der Waals surface area contributed by atoms with Gasteiger partial charge >= 0.3 is 35.6 Å². The number of phenols is 1. The van der Waals surface area contributed by atoms with Gasteiger partial charge in [0.1, 0.15) is 5.75 Å². The van der Waals surface area contributed by atoms with Gasteiger partial charge in [-0.25, -0.2) is 0 Å². The van der Waals surface area contributed by atoms with Crippen LogP contribution in [0.25, 0.3) is 0 Å². The number of benzene rings is 2. The van der Waals surface area contributed by atoms with E-state index in [1.165, 1.54) is 28.2 Å². The van der Waals surface area contributed by atoms with Crippen LogP contribution in [0.4, 0.5) is 0 Å². The molecule has 2 aromatic rings. The molecule has 0 heterocycles. The first-order valence-electron chi connectivity index (χ1n) is 7.71. The Labute approximate surface area is 165 Å². The van der Waals surface area contributed by atoms with Crippen LogP contribution in [-0.4, -0.2) is 18.4 Å². The number of phenolic OH excluding ortho intramolecular Hbond substituents is 1. The van der Waals surface area contributed by atoms with Crippen molar-refractivity contribution in [3.8, 4) is 5.75 Å². The Kier molecular flexibility index (Phi) is 10.5. The molecule has 1 unspecified atom stereocenters. The third kappa shape index (κ3) is 6.95. The number of rotatable bonds is 4. The molecule has 0 saturated heterocycles. The Morgan fingerprint density at radius 1 is 1.08 bits per heavy atom. The van der Waals surface area contributed by atoms with E-state index in [0.29, 0.717) is 14.3 Å². The Hall–Kier alpha value is 0.394. The first-order valence-corrected chi connectivity index (χ1v) is 15.7. The second kappa shape index (κ2) is 11.2. The number of hydrogen-bond acceptors (Lipinski definition) is 1. The fraction of sp³-hybridized carbons (Fsp3) is 0.333.